The van der Waals surface area contributed by atoms with Crippen molar-refractivity contribution in [1.29, 1.82) is 0 Å². The van der Waals surface area contributed by atoms with Crippen LogP contribution in [0.2, 0.25) is 0 Å². The number of H-pyrrole nitrogens is 1. The lowest BCUT2D eigenvalue weighted by Crippen LogP contribution is -2.58. The molecule has 212 valence electrons. The molecule has 9 nitrogen and oxygen atoms in total. The second-order valence-corrected chi connectivity index (χ2v) is 12.9. The van der Waals surface area contributed by atoms with E-state index in [2.05, 4.69) is 16.3 Å². The monoisotopic (exact) mass is 571 g/mol. The van der Waals surface area contributed by atoms with Gasteiger partial charge in [-0.2, -0.15) is 9.40 Å². The second kappa shape index (κ2) is 11.2. The summed E-state index contributed by atoms with van der Waals surface area (Å²) in [5.41, 5.74) is 3.11. The zero-order chi connectivity index (χ0) is 28.6. The number of rotatable bonds is 7. The van der Waals surface area contributed by atoms with Gasteiger partial charge < -0.3 is 4.90 Å². The molecule has 1 amide bonds. The van der Waals surface area contributed by atoms with Gasteiger partial charge in [-0.3, -0.25) is 14.6 Å². The van der Waals surface area contributed by atoms with E-state index in [1.165, 1.54) is 48.2 Å². The van der Waals surface area contributed by atoms with Gasteiger partial charge in [-0.25, -0.2) is 13.5 Å². The SMILES string of the molecule is Cc1ccc(S(=O)(=O)N2CC[C@@H]2C(=O)N(Cc2ccc(C3CCCCC3)cn2)c2ccc3c(=O)[nH]ncc3c2)cc1. The number of anilines is 1. The van der Waals surface area contributed by atoms with Crippen LogP contribution >= 0.6 is 0 Å². The minimum atomic E-state index is -3.85. The number of aromatic nitrogens is 3. The minimum absolute atomic E-state index is 0.167. The number of hydrogen-bond donors (Lipinski definition) is 1. The first-order valence-electron chi connectivity index (χ1n) is 14.1. The number of hydrogen-bond acceptors (Lipinski definition) is 6. The zero-order valence-corrected chi connectivity index (χ0v) is 23.8. The van der Waals surface area contributed by atoms with E-state index in [1.54, 1.807) is 47.4 Å². The fourth-order valence-electron chi connectivity index (χ4n) is 5.84. The molecule has 4 aromatic rings. The Morgan fingerprint density at radius 3 is 2.46 bits per heavy atom. The lowest BCUT2D eigenvalue weighted by molar-refractivity contribution is -0.125. The Hall–Kier alpha value is -3.89. The highest BCUT2D eigenvalue weighted by atomic mass is 32.2. The van der Waals surface area contributed by atoms with Gasteiger partial charge in [0.25, 0.3) is 5.56 Å². The smallest absolute Gasteiger partial charge is 0.272 e. The number of sulfonamides is 1. The molecule has 3 heterocycles. The van der Waals surface area contributed by atoms with E-state index in [9.17, 15) is 18.0 Å². The summed E-state index contributed by atoms with van der Waals surface area (Å²) in [6.07, 6.45) is 9.96. The summed E-state index contributed by atoms with van der Waals surface area (Å²) in [6, 6.07) is 15.0. The summed E-state index contributed by atoms with van der Waals surface area (Å²) in [5, 5.41) is 7.37. The Labute approximate surface area is 239 Å². The molecule has 1 aliphatic carbocycles. The number of nitrogens with one attached hydrogen (secondary N) is 1. The molecule has 2 aromatic carbocycles. The maximum Gasteiger partial charge on any atom is 0.272 e. The molecule has 10 heteroatoms. The Balaban J connectivity index is 1.32. The first-order chi connectivity index (χ1) is 19.8. The van der Waals surface area contributed by atoms with Gasteiger partial charge in [0.15, 0.2) is 0 Å². The lowest BCUT2D eigenvalue weighted by atomic mass is 9.85. The van der Waals surface area contributed by atoms with E-state index in [0.29, 0.717) is 34.5 Å². The van der Waals surface area contributed by atoms with Crippen LogP contribution in [0.5, 0.6) is 0 Å². The van der Waals surface area contributed by atoms with Gasteiger partial charge in [-0.05, 0) is 74.1 Å². The van der Waals surface area contributed by atoms with Crippen molar-refractivity contribution in [2.45, 2.75) is 68.8 Å². The van der Waals surface area contributed by atoms with Crippen molar-refractivity contribution in [2.24, 2.45) is 0 Å². The van der Waals surface area contributed by atoms with Crippen molar-refractivity contribution in [1.82, 2.24) is 19.5 Å². The first kappa shape index (κ1) is 27.3. The number of carbonyl (C=O) groups is 1. The maximum absolute atomic E-state index is 14.1. The van der Waals surface area contributed by atoms with Crippen molar-refractivity contribution in [3.63, 3.8) is 0 Å². The highest BCUT2D eigenvalue weighted by Crippen LogP contribution is 2.33. The lowest BCUT2D eigenvalue weighted by Gasteiger charge is -2.41. The molecule has 1 atom stereocenters. The van der Waals surface area contributed by atoms with Gasteiger partial charge in [-0.1, -0.05) is 43.0 Å². The third-order valence-corrected chi connectivity index (χ3v) is 10.3. The third-order valence-electron chi connectivity index (χ3n) is 8.35. The molecular formula is C31H33N5O4S. The fourth-order valence-corrected chi connectivity index (χ4v) is 7.47. The number of fused-ring (bicyclic) bond motifs is 1. The standard InChI is InChI=1S/C31H33N5O4S/c1-21-7-12-27(13-8-21)41(39,40)36-16-15-29(36)31(38)35(26-11-14-28-24(17-26)19-33-34-30(28)37)20-25-10-9-23(18-32-25)22-5-3-2-4-6-22/h7-14,17-19,22,29H,2-6,15-16,20H2,1H3,(H,34,37)/t29-/m1/s1. The molecule has 2 aromatic heterocycles. The average Bonchev–Trinajstić information content (AvgIpc) is 2.96. The van der Waals surface area contributed by atoms with E-state index < -0.39 is 16.1 Å². The summed E-state index contributed by atoms with van der Waals surface area (Å²) < 4.78 is 28.2. The average molecular weight is 572 g/mol. The summed E-state index contributed by atoms with van der Waals surface area (Å²) in [5.74, 6) is 0.187. The largest absolute Gasteiger partial charge is 0.305 e. The summed E-state index contributed by atoms with van der Waals surface area (Å²) in [7, 11) is -3.85. The van der Waals surface area contributed by atoms with Crippen molar-refractivity contribution < 1.29 is 13.2 Å². The Morgan fingerprint density at radius 1 is 1.00 bits per heavy atom. The molecule has 41 heavy (non-hydrogen) atoms. The summed E-state index contributed by atoms with van der Waals surface area (Å²) in [4.78, 5) is 32.8. The highest BCUT2D eigenvalue weighted by Gasteiger charge is 2.44. The number of pyridine rings is 1. The molecule has 2 aliphatic rings. The number of benzene rings is 2. The van der Waals surface area contributed by atoms with Gasteiger partial charge in [-0.15, -0.1) is 0 Å². The summed E-state index contributed by atoms with van der Waals surface area (Å²) in [6.45, 7) is 2.33. The predicted octanol–water partition coefficient (Wildman–Crippen LogP) is 4.67. The van der Waals surface area contributed by atoms with Crippen molar-refractivity contribution in [2.75, 3.05) is 11.4 Å². The molecule has 1 saturated heterocycles. The number of nitrogens with zero attached hydrogens (tertiary/aromatic N) is 4. The topological polar surface area (TPSA) is 116 Å². The third kappa shape index (κ3) is 5.41. The predicted molar refractivity (Wildman–Crippen MR) is 157 cm³/mol. The van der Waals surface area contributed by atoms with Gasteiger partial charge in [0.05, 0.1) is 28.7 Å². The van der Waals surface area contributed by atoms with E-state index in [4.69, 9.17) is 4.98 Å². The zero-order valence-electron chi connectivity index (χ0n) is 23.0. The van der Waals surface area contributed by atoms with Crippen LogP contribution in [0.4, 0.5) is 5.69 Å². The van der Waals surface area contributed by atoms with E-state index >= 15 is 0 Å². The van der Waals surface area contributed by atoms with Crippen LogP contribution in [0.15, 0.2) is 76.7 Å². The van der Waals surface area contributed by atoms with E-state index in [-0.39, 0.29) is 29.5 Å². The van der Waals surface area contributed by atoms with Crippen molar-refractivity contribution in [3.8, 4) is 0 Å². The Bertz CT molecular complexity index is 1730. The molecule has 6 rings (SSSR count). The van der Waals surface area contributed by atoms with Gasteiger partial charge >= 0.3 is 0 Å². The number of amides is 1. The quantitative estimate of drug-likeness (QED) is 0.345. The fraction of sp³-hybridized carbons (Fsp3) is 0.355. The van der Waals surface area contributed by atoms with Crippen LogP contribution in [0.25, 0.3) is 10.8 Å². The number of aromatic amines is 1. The minimum Gasteiger partial charge on any atom is -0.305 e. The number of carbonyl (C=O) groups excluding carboxylic acids is 1. The highest BCUT2D eigenvalue weighted by molar-refractivity contribution is 7.89. The van der Waals surface area contributed by atoms with Crippen LogP contribution in [-0.2, 0) is 21.4 Å². The maximum atomic E-state index is 14.1. The van der Waals surface area contributed by atoms with Crippen molar-refractivity contribution >= 4 is 32.4 Å². The molecule has 0 spiro atoms. The normalized spacial score (nSPS) is 18.2. The molecule has 1 saturated carbocycles. The molecular weight excluding hydrogens is 538 g/mol. The van der Waals surface area contributed by atoms with Crippen LogP contribution < -0.4 is 10.5 Å². The molecule has 1 aliphatic heterocycles. The van der Waals surface area contributed by atoms with Crippen molar-refractivity contribution in [3.05, 3.63) is 94.2 Å². The van der Waals surface area contributed by atoms with Crippen LogP contribution in [-0.4, -0.2) is 46.4 Å². The van der Waals surface area contributed by atoms with E-state index in [0.717, 1.165) is 5.56 Å². The van der Waals surface area contributed by atoms with Crippen LogP contribution in [0.3, 0.4) is 0 Å². The van der Waals surface area contributed by atoms with Crippen LogP contribution in [0.1, 0.15) is 61.3 Å². The van der Waals surface area contributed by atoms with Gasteiger partial charge in [0.1, 0.15) is 6.04 Å². The second-order valence-electron chi connectivity index (χ2n) is 11.0. The van der Waals surface area contributed by atoms with Gasteiger partial charge in [0, 0.05) is 23.8 Å². The van der Waals surface area contributed by atoms with Crippen LogP contribution in [0, 0.1) is 6.92 Å². The molecule has 0 unspecified atom stereocenters. The molecule has 0 radical (unpaired) electrons. The van der Waals surface area contributed by atoms with E-state index in [1.807, 2.05) is 19.2 Å². The summed E-state index contributed by atoms with van der Waals surface area (Å²) >= 11 is 0. The molecule has 2 fully saturated rings. The molecule has 0 bridgehead atoms. The van der Waals surface area contributed by atoms with Gasteiger partial charge in [0.2, 0.25) is 15.9 Å². The number of aryl methyl sites for hydroxylation is 1. The Morgan fingerprint density at radius 2 is 1.78 bits per heavy atom. The molecule has 1 N–H and O–H groups in total. The Kier molecular flexibility index (Phi) is 7.44. The first-order valence-corrected chi connectivity index (χ1v) is 15.6.